The first-order chi connectivity index (χ1) is 31.7. The minimum atomic E-state index is -0.124. The largest absolute Gasteiger partial charge is 0.311 e. The zero-order chi connectivity index (χ0) is 50.1. The van der Waals surface area contributed by atoms with Gasteiger partial charge in [-0.1, -0.05) is 193 Å². The third-order valence-corrected chi connectivity index (χ3v) is 17.0. The molecule has 0 radical (unpaired) electrons. The monoisotopic (exact) mass is 913 g/mol. The Hall–Kier alpha value is -5.02. The van der Waals surface area contributed by atoms with Crippen molar-refractivity contribution in [1.29, 1.82) is 0 Å². The van der Waals surface area contributed by atoms with Gasteiger partial charge in [0.05, 0.1) is 5.69 Å². The molecule has 0 saturated carbocycles. The summed E-state index contributed by atoms with van der Waals surface area (Å²) in [5.74, 6) is 0. The van der Waals surface area contributed by atoms with Crippen molar-refractivity contribution in [3.8, 4) is 11.1 Å². The Morgan fingerprint density at radius 1 is 0.377 bits per heavy atom. The number of hydrogen-bond donors (Lipinski definition) is 0. The lowest BCUT2D eigenvalue weighted by Gasteiger charge is -2.46. The summed E-state index contributed by atoms with van der Waals surface area (Å²) in [5, 5.41) is 0. The van der Waals surface area contributed by atoms with E-state index in [2.05, 4.69) is 251 Å². The van der Waals surface area contributed by atoms with Gasteiger partial charge in [0.1, 0.15) is 0 Å². The van der Waals surface area contributed by atoms with Gasteiger partial charge in [-0.25, -0.2) is 0 Å². The molecule has 0 N–H and O–H groups in total. The summed E-state index contributed by atoms with van der Waals surface area (Å²) >= 11 is 0. The first-order valence-electron chi connectivity index (χ1n) is 26.2. The second kappa shape index (κ2) is 14.8. The van der Waals surface area contributed by atoms with Crippen LogP contribution < -0.4 is 26.2 Å². The fourth-order valence-corrected chi connectivity index (χ4v) is 13.6. The first kappa shape index (κ1) is 47.7. The van der Waals surface area contributed by atoms with Crippen molar-refractivity contribution >= 4 is 57.2 Å². The van der Waals surface area contributed by atoms with Crippen LogP contribution in [0, 0.1) is 0 Å². The zero-order valence-electron chi connectivity index (χ0n) is 46.2. The maximum absolute atomic E-state index is 2.74. The number of fused-ring (bicyclic) bond motifs is 6. The van der Waals surface area contributed by atoms with Gasteiger partial charge in [0.15, 0.2) is 0 Å². The fourth-order valence-electron chi connectivity index (χ4n) is 13.6. The molecule has 0 amide bonds. The molecule has 0 fully saturated rings. The van der Waals surface area contributed by atoms with Gasteiger partial charge in [0.25, 0.3) is 6.71 Å². The van der Waals surface area contributed by atoms with E-state index in [1.54, 1.807) is 0 Å². The normalized spacial score (nSPS) is 18.4. The molecule has 0 bridgehead atoms. The SMILES string of the molecule is CC(C)(C)c1cccc(N2c3cc(C(C)(C)C)ccc3B3c4cc5c(cc4N(c4ccc(C(C)(C)C)cc4-c4ccc6c(c4)C(C)(C)CC6(C)C)c4cc(C(C)(C)C)cc2c43)C(C)(C)CC5(C)C)c1. The molecule has 6 aromatic rings. The van der Waals surface area contributed by atoms with E-state index in [9.17, 15) is 0 Å². The third kappa shape index (κ3) is 7.56. The van der Waals surface area contributed by atoms with Crippen molar-refractivity contribution in [2.45, 2.75) is 195 Å². The minimum absolute atomic E-state index is 0.00799. The number of benzene rings is 6. The molecular formula is C66H81BN2. The summed E-state index contributed by atoms with van der Waals surface area (Å²) in [6.45, 7) is 48.1. The standard InChI is InChI=1S/C66H81BN2/c1-59(2,3)41-22-21-23-45(31-41)68-54-33-43(61(7,8)9)25-28-51(54)67-52-36-49-50(66(19,20)39-65(49,17)18)37-55(52)69(57-35-44(62(10,11)12)34-56(68)58(57)67)53-29-26-42(60(4,5)6)32-46(53)40-24-27-47-48(30-40)64(15,16)38-63(47,13)14/h21-37H,38-39H2,1-20H3. The van der Waals surface area contributed by atoms with E-state index in [0.717, 1.165) is 12.8 Å². The van der Waals surface area contributed by atoms with Crippen molar-refractivity contribution < 1.29 is 0 Å². The molecule has 3 heteroatoms. The van der Waals surface area contributed by atoms with E-state index in [0.29, 0.717) is 0 Å². The average Bonchev–Trinajstić information content (AvgIpc) is 3.54. The van der Waals surface area contributed by atoms with E-state index in [1.165, 1.54) is 106 Å². The molecule has 6 aromatic carbocycles. The van der Waals surface area contributed by atoms with Crippen molar-refractivity contribution in [1.82, 2.24) is 0 Å². The molecule has 0 aromatic heterocycles. The Balaban J connectivity index is 1.37. The molecule has 2 heterocycles. The van der Waals surface area contributed by atoms with Crippen LogP contribution in [-0.4, -0.2) is 6.71 Å². The lowest BCUT2D eigenvalue weighted by atomic mass is 9.33. The van der Waals surface area contributed by atoms with Gasteiger partial charge in [-0.3, -0.25) is 0 Å². The van der Waals surface area contributed by atoms with E-state index in [1.807, 2.05) is 0 Å². The van der Waals surface area contributed by atoms with Gasteiger partial charge < -0.3 is 9.80 Å². The van der Waals surface area contributed by atoms with Crippen LogP contribution in [0.1, 0.15) is 196 Å². The number of rotatable bonds is 3. The van der Waals surface area contributed by atoms with E-state index in [4.69, 9.17) is 0 Å². The smallest absolute Gasteiger partial charge is 0.252 e. The molecular weight excluding hydrogens is 832 g/mol. The predicted octanol–water partition coefficient (Wildman–Crippen LogP) is 16.5. The Labute approximate surface area is 418 Å². The number of anilines is 6. The van der Waals surface area contributed by atoms with Gasteiger partial charge in [-0.05, 0) is 171 Å². The second-order valence-electron chi connectivity index (χ2n) is 28.7. The van der Waals surface area contributed by atoms with Crippen LogP contribution in [0.15, 0.2) is 103 Å². The molecule has 69 heavy (non-hydrogen) atoms. The maximum Gasteiger partial charge on any atom is 0.252 e. The topological polar surface area (TPSA) is 6.48 Å². The molecule has 2 aliphatic heterocycles. The summed E-state index contributed by atoms with van der Waals surface area (Å²) in [4.78, 5) is 5.39. The highest BCUT2D eigenvalue weighted by Crippen LogP contribution is 2.56. The Kier molecular flexibility index (Phi) is 10.2. The predicted molar refractivity (Wildman–Crippen MR) is 302 cm³/mol. The Bertz CT molecular complexity index is 3110. The van der Waals surface area contributed by atoms with Crippen LogP contribution in [0.4, 0.5) is 34.1 Å². The van der Waals surface area contributed by atoms with E-state index >= 15 is 0 Å². The van der Waals surface area contributed by atoms with Gasteiger partial charge in [-0.2, -0.15) is 0 Å². The van der Waals surface area contributed by atoms with Crippen molar-refractivity contribution in [3.63, 3.8) is 0 Å². The minimum Gasteiger partial charge on any atom is -0.311 e. The summed E-state index contributed by atoms with van der Waals surface area (Å²) in [5.41, 5.74) is 25.9. The summed E-state index contributed by atoms with van der Waals surface area (Å²) < 4.78 is 0. The van der Waals surface area contributed by atoms with Gasteiger partial charge >= 0.3 is 0 Å². The zero-order valence-corrected chi connectivity index (χ0v) is 46.2. The third-order valence-electron chi connectivity index (χ3n) is 17.0. The van der Waals surface area contributed by atoms with Crippen LogP contribution in [0.25, 0.3) is 11.1 Å². The summed E-state index contributed by atoms with van der Waals surface area (Å²) in [6.07, 6.45) is 2.26. The highest BCUT2D eigenvalue weighted by atomic mass is 15.2. The second-order valence-corrected chi connectivity index (χ2v) is 28.7. The Morgan fingerprint density at radius 3 is 1.45 bits per heavy atom. The van der Waals surface area contributed by atoms with Crippen LogP contribution in [-0.2, 0) is 43.3 Å². The average molecular weight is 913 g/mol. The summed E-state index contributed by atoms with van der Waals surface area (Å²) in [6, 6.07) is 42.3. The molecule has 0 unspecified atom stereocenters. The molecule has 0 spiro atoms. The highest BCUT2D eigenvalue weighted by molar-refractivity contribution is 7.00. The van der Waals surface area contributed by atoms with Crippen molar-refractivity contribution in [3.05, 3.63) is 148 Å². The van der Waals surface area contributed by atoms with Crippen LogP contribution >= 0.6 is 0 Å². The molecule has 0 atom stereocenters. The van der Waals surface area contributed by atoms with Gasteiger partial charge in [0, 0.05) is 34.0 Å². The Morgan fingerprint density at radius 2 is 0.855 bits per heavy atom. The lowest BCUT2D eigenvalue weighted by Crippen LogP contribution is -2.61. The van der Waals surface area contributed by atoms with Crippen molar-refractivity contribution in [2.24, 2.45) is 0 Å². The molecule has 2 nitrogen and oxygen atoms in total. The van der Waals surface area contributed by atoms with Crippen LogP contribution in [0.5, 0.6) is 0 Å². The molecule has 358 valence electrons. The quantitative estimate of drug-likeness (QED) is 0.163. The first-order valence-corrected chi connectivity index (χ1v) is 26.2. The van der Waals surface area contributed by atoms with Crippen molar-refractivity contribution in [2.75, 3.05) is 9.80 Å². The van der Waals surface area contributed by atoms with Gasteiger partial charge in [-0.15, -0.1) is 0 Å². The lowest BCUT2D eigenvalue weighted by molar-refractivity contribution is 0.403. The molecule has 10 rings (SSSR count). The fraction of sp³-hybridized carbons (Fsp3) is 0.455. The highest BCUT2D eigenvalue weighted by Gasteiger charge is 2.49. The maximum atomic E-state index is 2.74. The molecule has 0 saturated heterocycles. The molecule has 2 aliphatic carbocycles. The number of hydrogen-bond acceptors (Lipinski definition) is 2. The van der Waals surface area contributed by atoms with Crippen LogP contribution in [0.3, 0.4) is 0 Å². The number of nitrogens with zero attached hydrogens (tertiary/aromatic N) is 2. The summed E-state index contributed by atoms with van der Waals surface area (Å²) in [7, 11) is 0. The van der Waals surface area contributed by atoms with E-state index in [-0.39, 0.29) is 50.0 Å². The van der Waals surface area contributed by atoms with Gasteiger partial charge in [0.2, 0.25) is 0 Å². The van der Waals surface area contributed by atoms with E-state index < -0.39 is 0 Å². The van der Waals surface area contributed by atoms with Crippen LogP contribution in [0.2, 0.25) is 0 Å². The molecule has 4 aliphatic rings.